The highest BCUT2D eigenvalue weighted by Crippen LogP contribution is 2.40. The number of nitrogens with one attached hydrogen (secondary N) is 1. The zero-order chi connectivity index (χ0) is 14.7. The smallest absolute Gasteiger partial charge is 0.121 e. The number of furan rings is 1. The fraction of sp³-hybridized carbons (Fsp3) is 0.500. The quantitative estimate of drug-likeness (QED) is 0.871. The van der Waals surface area contributed by atoms with Gasteiger partial charge < -0.3 is 9.73 Å². The van der Waals surface area contributed by atoms with E-state index in [4.69, 9.17) is 4.42 Å². The summed E-state index contributed by atoms with van der Waals surface area (Å²) in [5.41, 5.74) is 2.65. The molecule has 3 rings (SSSR count). The van der Waals surface area contributed by atoms with Crippen LogP contribution in [0.1, 0.15) is 61.4 Å². The number of fused-ring (bicyclic) bond motifs is 1. The summed E-state index contributed by atoms with van der Waals surface area (Å²) in [6.45, 7) is 5.33. The highest BCUT2D eigenvalue weighted by Gasteiger charge is 2.33. The number of nitrogens with zero attached hydrogens (tertiary/aromatic N) is 1. The van der Waals surface area contributed by atoms with Crippen LogP contribution in [-0.2, 0) is 12.8 Å². The molecule has 0 aromatic carbocycles. The summed E-state index contributed by atoms with van der Waals surface area (Å²) in [7, 11) is 0. The Morgan fingerprint density at radius 3 is 3.00 bits per heavy atom. The Morgan fingerprint density at radius 2 is 2.24 bits per heavy atom. The molecule has 112 valence electrons. The fourth-order valence-corrected chi connectivity index (χ4v) is 3.26. The van der Waals surface area contributed by atoms with Crippen molar-refractivity contribution in [1.29, 1.82) is 0 Å². The van der Waals surface area contributed by atoms with Crippen LogP contribution in [0.2, 0.25) is 0 Å². The zero-order valence-electron chi connectivity index (χ0n) is 12.9. The van der Waals surface area contributed by atoms with E-state index in [1.54, 1.807) is 0 Å². The van der Waals surface area contributed by atoms with Crippen molar-refractivity contribution in [3.05, 3.63) is 53.2 Å². The molecule has 0 bridgehead atoms. The van der Waals surface area contributed by atoms with Gasteiger partial charge in [-0.3, -0.25) is 4.98 Å². The van der Waals surface area contributed by atoms with Gasteiger partial charge in [-0.1, -0.05) is 19.9 Å². The van der Waals surface area contributed by atoms with Gasteiger partial charge in [-0.25, -0.2) is 0 Å². The van der Waals surface area contributed by atoms with Gasteiger partial charge in [-0.2, -0.15) is 0 Å². The summed E-state index contributed by atoms with van der Waals surface area (Å²) < 4.78 is 6.03. The average Bonchev–Trinajstić information content (AvgIpc) is 3.15. The molecule has 2 atom stereocenters. The lowest BCUT2D eigenvalue weighted by atomic mass is 9.94. The first-order valence-electron chi connectivity index (χ1n) is 8.09. The van der Waals surface area contributed by atoms with Gasteiger partial charge >= 0.3 is 0 Å². The Labute approximate surface area is 126 Å². The van der Waals surface area contributed by atoms with Crippen molar-refractivity contribution >= 4 is 0 Å². The zero-order valence-corrected chi connectivity index (χ0v) is 12.9. The minimum absolute atomic E-state index is 0.237. The van der Waals surface area contributed by atoms with E-state index in [-0.39, 0.29) is 6.04 Å². The normalized spacial score (nSPS) is 18.7. The van der Waals surface area contributed by atoms with E-state index in [0.717, 1.165) is 43.7 Å². The van der Waals surface area contributed by atoms with Gasteiger partial charge in [0.15, 0.2) is 0 Å². The molecule has 1 aliphatic rings. The number of aromatic nitrogens is 1. The van der Waals surface area contributed by atoms with Gasteiger partial charge in [0.2, 0.25) is 0 Å². The number of pyridine rings is 1. The van der Waals surface area contributed by atoms with E-state index in [9.17, 15) is 0 Å². The van der Waals surface area contributed by atoms with Crippen molar-refractivity contribution in [2.45, 2.75) is 51.5 Å². The second kappa shape index (κ2) is 6.44. The second-order valence-electron chi connectivity index (χ2n) is 5.78. The Balaban J connectivity index is 1.89. The number of hydrogen-bond acceptors (Lipinski definition) is 3. The second-order valence-corrected chi connectivity index (χ2v) is 5.78. The first-order chi connectivity index (χ1) is 10.3. The highest BCUT2D eigenvalue weighted by atomic mass is 16.3. The largest absolute Gasteiger partial charge is 0.464 e. The third-order valence-electron chi connectivity index (χ3n) is 4.36. The SMILES string of the molecule is CCCNC(c1ccc(CC)o1)C1CCc2cccnc21. The van der Waals surface area contributed by atoms with Crippen LogP contribution in [0.15, 0.2) is 34.9 Å². The van der Waals surface area contributed by atoms with Gasteiger partial charge in [-0.15, -0.1) is 0 Å². The monoisotopic (exact) mass is 284 g/mol. The van der Waals surface area contributed by atoms with Crippen molar-refractivity contribution in [2.75, 3.05) is 6.54 Å². The highest BCUT2D eigenvalue weighted by molar-refractivity contribution is 5.31. The molecular formula is C18H24N2O. The molecule has 0 spiro atoms. The lowest BCUT2D eigenvalue weighted by molar-refractivity contribution is 0.349. The van der Waals surface area contributed by atoms with Crippen LogP contribution in [0.3, 0.4) is 0 Å². The van der Waals surface area contributed by atoms with Crippen LogP contribution in [0.25, 0.3) is 0 Å². The van der Waals surface area contributed by atoms with Crippen molar-refractivity contribution in [3.8, 4) is 0 Å². The van der Waals surface area contributed by atoms with Gasteiger partial charge in [-0.05, 0) is 49.6 Å². The molecular weight excluding hydrogens is 260 g/mol. The van der Waals surface area contributed by atoms with Crippen molar-refractivity contribution in [1.82, 2.24) is 10.3 Å². The Hall–Kier alpha value is -1.61. The molecule has 1 aliphatic carbocycles. The first-order valence-corrected chi connectivity index (χ1v) is 8.09. The minimum Gasteiger partial charge on any atom is -0.464 e. The van der Waals surface area contributed by atoms with Crippen molar-refractivity contribution < 1.29 is 4.42 Å². The lowest BCUT2D eigenvalue weighted by Crippen LogP contribution is -2.27. The summed E-state index contributed by atoms with van der Waals surface area (Å²) >= 11 is 0. The van der Waals surface area contributed by atoms with E-state index in [1.165, 1.54) is 11.3 Å². The maximum atomic E-state index is 6.03. The Kier molecular flexibility index (Phi) is 4.39. The molecule has 0 radical (unpaired) electrons. The molecule has 1 N–H and O–H groups in total. The summed E-state index contributed by atoms with van der Waals surface area (Å²) in [5.74, 6) is 2.54. The summed E-state index contributed by atoms with van der Waals surface area (Å²) in [6, 6.07) is 8.72. The van der Waals surface area contributed by atoms with Crippen LogP contribution in [0.4, 0.5) is 0 Å². The van der Waals surface area contributed by atoms with Gasteiger partial charge in [0.05, 0.1) is 6.04 Å². The van der Waals surface area contributed by atoms with Crippen LogP contribution in [-0.4, -0.2) is 11.5 Å². The van der Waals surface area contributed by atoms with Crippen LogP contribution in [0, 0.1) is 0 Å². The maximum Gasteiger partial charge on any atom is 0.121 e. The molecule has 2 aromatic heterocycles. The molecule has 3 nitrogen and oxygen atoms in total. The minimum atomic E-state index is 0.237. The van der Waals surface area contributed by atoms with Gasteiger partial charge in [0.1, 0.15) is 11.5 Å². The lowest BCUT2D eigenvalue weighted by Gasteiger charge is -2.23. The van der Waals surface area contributed by atoms with Crippen molar-refractivity contribution in [2.24, 2.45) is 0 Å². The maximum absolute atomic E-state index is 6.03. The molecule has 0 saturated carbocycles. The summed E-state index contributed by atoms with van der Waals surface area (Å²) in [6.07, 6.45) is 6.25. The number of aryl methyl sites for hydroxylation is 2. The van der Waals surface area contributed by atoms with Crippen molar-refractivity contribution in [3.63, 3.8) is 0 Å². The summed E-state index contributed by atoms with van der Waals surface area (Å²) in [4.78, 5) is 4.64. The van der Waals surface area contributed by atoms with E-state index < -0.39 is 0 Å². The molecule has 2 heterocycles. The summed E-state index contributed by atoms with van der Waals surface area (Å²) in [5, 5.41) is 3.67. The van der Waals surface area contributed by atoms with E-state index in [2.05, 4.69) is 42.3 Å². The topological polar surface area (TPSA) is 38.1 Å². The number of rotatable bonds is 6. The van der Waals surface area contributed by atoms with Crippen LogP contribution >= 0.6 is 0 Å². The Bertz CT molecular complexity index is 590. The predicted octanol–water partition coefficient (Wildman–Crippen LogP) is 4.01. The van der Waals surface area contributed by atoms with Gasteiger partial charge in [0.25, 0.3) is 0 Å². The predicted molar refractivity (Wildman–Crippen MR) is 84.4 cm³/mol. The first kappa shape index (κ1) is 14.3. The third kappa shape index (κ3) is 2.88. The number of hydrogen-bond donors (Lipinski definition) is 1. The average molecular weight is 284 g/mol. The molecule has 2 unspecified atom stereocenters. The van der Waals surface area contributed by atoms with E-state index in [1.807, 2.05) is 12.3 Å². The molecule has 3 heteroatoms. The molecule has 0 fully saturated rings. The van der Waals surface area contributed by atoms with Crippen LogP contribution in [0.5, 0.6) is 0 Å². The molecule has 0 saturated heterocycles. The molecule has 2 aromatic rings. The molecule has 0 amide bonds. The standard InChI is InChI=1S/C18H24N2O/c1-3-11-19-18(16-10-8-14(4-2)21-16)15-9-7-13-6-5-12-20-17(13)15/h5-6,8,10,12,15,18-19H,3-4,7,9,11H2,1-2H3. The fourth-order valence-electron chi connectivity index (χ4n) is 3.26. The van der Waals surface area contributed by atoms with Gasteiger partial charge in [0, 0.05) is 24.2 Å². The Morgan fingerprint density at radius 1 is 1.33 bits per heavy atom. The van der Waals surface area contributed by atoms with E-state index >= 15 is 0 Å². The molecule has 0 aliphatic heterocycles. The van der Waals surface area contributed by atoms with E-state index in [0.29, 0.717) is 5.92 Å². The third-order valence-corrected chi connectivity index (χ3v) is 4.36. The van der Waals surface area contributed by atoms with Crippen LogP contribution < -0.4 is 5.32 Å². The molecule has 21 heavy (non-hydrogen) atoms.